The van der Waals surface area contributed by atoms with Crippen molar-refractivity contribution in [2.75, 3.05) is 0 Å². The van der Waals surface area contributed by atoms with Crippen molar-refractivity contribution < 1.29 is 29.6 Å². The molecule has 0 unspecified atom stereocenters. The van der Waals surface area contributed by atoms with Gasteiger partial charge in [-0.25, -0.2) is 0 Å². The molecule has 0 atom stereocenters. The largest absolute Gasteiger partial charge is 1.00 e. The number of hydrogen-bond donors (Lipinski definition) is 0. The van der Waals surface area contributed by atoms with Crippen LogP contribution in [0, 0.1) is 6.92 Å². The summed E-state index contributed by atoms with van der Waals surface area (Å²) in [5.41, 5.74) is 2.77. The summed E-state index contributed by atoms with van der Waals surface area (Å²) in [6.45, 7) is 3.98. The zero-order valence-electron chi connectivity index (χ0n) is 10.5. The minimum atomic E-state index is 0. The summed E-state index contributed by atoms with van der Waals surface area (Å²) in [4.78, 5) is 0. The maximum Gasteiger partial charge on any atom is 1.00 e. The van der Waals surface area contributed by atoms with Gasteiger partial charge in [0.05, 0.1) is 0 Å². The van der Waals surface area contributed by atoms with Gasteiger partial charge in [-0.15, -0.1) is 0 Å². The van der Waals surface area contributed by atoms with Gasteiger partial charge in [0.2, 0.25) is 0 Å². The second kappa shape index (κ2) is 7.71. The van der Waals surface area contributed by atoms with E-state index in [4.69, 9.17) is 0 Å². The first kappa shape index (κ1) is 14.5. The zero-order chi connectivity index (χ0) is 11.2. The molecule has 82 valence electrons. The molecule has 2 aromatic carbocycles. The van der Waals surface area contributed by atoms with E-state index >= 15 is 0 Å². The molecule has 2 aromatic rings. The molecule has 0 amide bonds. The first-order valence-electron chi connectivity index (χ1n) is 5.81. The third kappa shape index (κ3) is 3.99. The summed E-state index contributed by atoms with van der Waals surface area (Å²) < 4.78 is 0. The summed E-state index contributed by atoms with van der Waals surface area (Å²) >= 11 is 0. The van der Waals surface area contributed by atoms with Crippen LogP contribution in [0.5, 0.6) is 0 Å². The molecule has 0 aliphatic heterocycles. The molecule has 0 nitrogen and oxygen atoms in total. The van der Waals surface area contributed by atoms with Crippen LogP contribution in [-0.4, -0.2) is 0 Å². The number of benzene rings is 2. The number of rotatable bonds is 4. The van der Waals surface area contributed by atoms with Crippen LogP contribution < -0.4 is 29.6 Å². The Morgan fingerprint density at radius 2 is 1.18 bits per heavy atom. The summed E-state index contributed by atoms with van der Waals surface area (Å²) in [5, 5.41) is 0. The molecule has 0 heterocycles. The third-order valence-electron chi connectivity index (χ3n) is 2.90. The first-order valence-corrected chi connectivity index (χ1v) is 5.81. The van der Waals surface area contributed by atoms with Gasteiger partial charge in [-0.2, -0.15) is 6.42 Å². The van der Waals surface area contributed by atoms with E-state index < -0.39 is 0 Å². The standard InChI is InChI=1S/C16H17.Na/c1-2-9-16(14-10-5-3-6-11-14)15-12-7-4-8-13-15;/h3-8,10-13,16H,1-2,9H2;/q-1;+1. The fourth-order valence-corrected chi connectivity index (χ4v) is 2.10. The predicted octanol–water partition coefficient (Wildman–Crippen LogP) is 1.44. The van der Waals surface area contributed by atoms with Crippen molar-refractivity contribution in [3.63, 3.8) is 0 Å². The third-order valence-corrected chi connectivity index (χ3v) is 2.90. The van der Waals surface area contributed by atoms with Crippen molar-refractivity contribution in [2.24, 2.45) is 0 Å². The van der Waals surface area contributed by atoms with E-state index in [2.05, 4.69) is 67.6 Å². The maximum atomic E-state index is 3.98. The van der Waals surface area contributed by atoms with E-state index in [1.165, 1.54) is 11.1 Å². The Hall–Kier alpha value is -0.560. The van der Waals surface area contributed by atoms with Crippen molar-refractivity contribution in [1.82, 2.24) is 0 Å². The molecule has 0 saturated carbocycles. The Morgan fingerprint density at radius 1 is 0.765 bits per heavy atom. The molecule has 0 spiro atoms. The minimum Gasteiger partial charge on any atom is -0.343 e. The van der Waals surface area contributed by atoms with Crippen LogP contribution in [0.15, 0.2) is 60.7 Å². The summed E-state index contributed by atoms with van der Waals surface area (Å²) in [6.07, 6.45) is 2.07. The molecule has 1 heteroatoms. The fraction of sp³-hybridized carbons (Fsp3) is 0.188. The minimum absolute atomic E-state index is 0. The molecule has 0 saturated heterocycles. The molecule has 17 heavy (non-hydrogen) atoms. The molecule has 0 aliphatic rings. The maximum absolute atomic E-state index is 3.98. The van der Waals surface area contributed by atoms with E-state index in [-0.39, 0.29) is 29.6 Å². The Morgan fingerprint density at radius 3 is 1.53 bits per heavy atom. The van der Waals surface area contributed by atoms with Gasteiger partial charge in [0.1, 0.15) is 0 Å². The number of hydrogen-bond acceptors (Lipinski definition) is 0. The van der Waals surface area contributed by atoms with Gasteiger partial charge in [0, 0.05) is 5.92 Å². The van der Waals surface area contributed by atoms with Crippen molar-refractivity contribution in [3.05, 3.63) is 78.7 Å². The van der Waals surface area contributed by atoms with Crippen molar-refractivity contribution in [2.45, 2.75) is 18.8 Å². The van der Waals surface area contributed by atoms with E-state index in [9.17, 15) is 0 Å². The smallest absolute Gasteiger partial charge is 0.343 e. The normalized spacial score (nSPS) is 10.0. The van der Waals surface area contributed by atoms with Crippen molar-refractivity contribution in [3.8, 4) is 0 Å². The van der Waals surface area contributed by atoms with Crippen LogP contribution in [0.2, 0.25) is 0 Å². The monoisotopic (exact) mass is 232 g/mol. The van der Waals surface area contributed by atoms with E-state index in [0.29, 0.717) is 5.92 Å². The van der Waals surface area contributed by atoms with Gasteiger partial charge in [-0.1, -0.05) is 67.1 Å². The van der Waals surface area contributed by atoms with Crippen LogP contribution >= 0.6 is 0 Å². The molecule has 0 bridgehead atoms. The van der Waals surface area contributed by atoms with Crippen LogP contribution in [0.4, 0.5) is 0 Å². The van der Waals surface area contributed by atoms with Gasteiger partial charge in [-0.05, 0) is 11.1 Å². The van der Waals surface area contributed by atoms with E-state index in [1.54, 1.807) is 0 Å². The molecular weight excluding hydrogens is 215 g/mol. The van der Waals surface area contributed by atoms with Crippen LogP contribution in [0.25, 0.3) is 0 Å². The van der Waals surface area contributed by atoms with Crippen LogP contribution in [0.1, 0.15) is 29.9 Å². The molecule has 0 aromatic heterocycles. The summed E-state index contributed by atoms with van der Waals surface area (Å²) in [6, 6.07) is 21.4. The summed E-state index contributed by atoms with van der Waals surface area (Å²) in [5.74, 6) is 0.486. The molecule has 0 aliphatic carbocycles. The second-order valence-electron chi connectivity index (χ2n) is 4.02. The predicted molar refractivity (Wildman–Crippen MR) is 69.3 cm³/mol. The van der Waals surface area contributed by atoms with Gasteiger partial charge in [0.25, 0.3) is 0 Å². The Balaban J connectivity index is 0.00000144. The van der Waals surface area contributed by atoms with Crippen molar-refractivity contribution >= 4 is 0 Å². The Bertz CT molecular complexity index is 369. The van der Waals surface area contributed by atoms with Crippen molar-refractivity contribution in [1.29, 1.82) is 0 Å². The second-order valence-corrected chi connectivity index (χ2v) is 4.02. The van der Waals surface area contributed by atoms with E-state index in [1.807, 2.05) is 0 Å². The quantitative estimate of drug-likeness (QED) is 0.553. The Kier molecular flexibility index (Phi) is 6.57. The molecule has 2 rings (SSSR count). The summed E-state index contributed by atoms with van der Waals surface area (Å²) in [7, 11) is 0. The molecule has 0 fully saturated rings. The van der Waals surface area contributed by atoms with E-state index in [0.717, 1.165) is 12.8 Å². The van der Waals surface area contributed by atoms with Gasteiger partial charge < -0.3 is 6.92 Å². The van der Waals surface area contributed by atoms with Crippen LogP contribution in [0.3, 0.4) is 0 Å². The van der Waals surface area contributed by atoms with Gasteiger partial charge >= 0.3 is 29.6 Å². The Labute approximate surface area is 126 Å². The van der Waals surface area contributed by atoms with Crippen LogP contribution in [-0.2, 0) is 0 Å². The SMILES string of the molecule is [CH2-]CCC(c1ccccc1)c1ccccc1.[Na+]. The van der Waals surface area contributed by atoms with Gasteiger partial charge in [0.15, 0.2) is 0 Å². The first-order chi connectivity index (χ1) is 7.92. The van der Waals surface area contributed by atoms with Gasteiger partial charge in [-0.3, -0.25) is 0 Å². The molecule has 0 radical (unpaired) electrons. The average Bonchev–Trinajstić information content (AvgIpc) is 2.38. The molecular formula is C16H17Na. The molecule has 0 N–H and O–H groups in total. The fourth-order valence-electron chi connectivity index (χ4n) is 2.10. The zero-order valence-corrected chi connectivity index (χ0v) is 12.5. The average molecular weight is 232 g/mol. The topological polar surface area (TPSA) is 0 Å².